The van der Waals surface area contributed by atoms with Crippen molar-refractivity contribution >= 4 is 17.5 Å². The first-order valence-corrected chi connectivity index (χ1v) is 6.97. The number of hydrogen-bond acceptors (Lipinski definition) is 4. The first kappa shape index (κ1) is 16.4. The van der Waals surface area contributed by atoms with Crippen molar-refractivity contribution in [2.24, 2.45) is 5.73 Å². The molecule has 6 heteroatoms. The minimum atomic E-state index is -0.590. The number of methoxy groups -OCH3 is 1. The van der Waals surface area contributed by atoms with Gasteiger partial charge in [0.1, 0.15) is 0 Å². The minimum absolute atomic E-state index is 0.259. The molecule has 0 spiro atoms. The molecule has 0 unspecified atom stereocenters. The van der Waals surface area contributed by atoms with Crippen LogP contribution < -0.4 is 20.5 Å². The van der Waals surface area contributed by atoms with Crippen LogP contribution in [0.1, 0.15) is 15.9 Å². The number of amides is 2. The molecular weight excluding hydrogens is 296 g/mol. The number of anilines is 1. The molecule has 2 amide bonds. The first-order valence-electron chi connectivity index (χ1n) is 6.97. The van der Waals surface area contributed by atoms with E-state index < -0.39 is 5.91 Å². The largest absolute Gasteiger partial charge is 0.493 e. The average Bonchev–Trinajstić information content (AvgIpc) is 2.52. The predicted octanol–water partition coefficient (Wildman–Crippen LogP) is 2.12. The van der Waals surface area contributed by atoms with Crippen LogP contribution in [0.3, 0.4) is 0 Å². The summed E-state index contributed by atoms with van der Waals surface area (Å²) in [6.45, 7) is 1.69. The van der Waals surface area contributed by atoms with E-state index in [2.05, 4.69) is 5.32 Å². The Bertz CT molecular complexity index is 728. The van der Waals surface area contributed by atoms with E-state index in [1.807, 2.05) is 31.2 Å². The van der Waals surface area contributed by atoms with E-state index >= 15 is 0 Å². The summed E-state index contributed by atoms with van der Waals surface area (Å²) < 4.78 is 10.4. The summed E-state index contributed by atoms with van der Waals surface area (Å²) in [5.74, 6) is -0.162. The Labute approximate surface area is 134 Å². The van der Waals surface area contributed by atoms with Crippen molar-refractivity contribution in [3.8, 4) is 11.5 Å². The molecule has 6 nitrogen and oxygen atoms in total. The normalized spacial score (nSPS) is 10.0. The molecule has 23 heavy (non-hydrogen) atoms. The molecule has 120 valence electrons. The second kappa shape index (κ2) is 7.31. The highest BCUT2D eigenvalue weighted by molar-refractivity contribution is 6.04. The van der Waals surface area contributed by atoms with Crippen molar-refractivity contribution in [2.45, 2.75) is 6.92 Å². The Morgan fingerprint density at radius 1 is 1.13 bits per heavy atom. The molecule has 0 aromatic heterocycles. The molecule has 0 saturated carbocycles. The maximum atomic E-state index is 12.3. The van der Waals surface area contributed by atoms with Crippen molar-refractivity contribution in [1.29, 1.82) is 0 Å². The molecule has 0 heterocycles. The van der Waals surface area contributed by atoms with Gasteiger partial charge in [0.15, 0.2) is 18.1 Å². The standard InChI is InChI=1S/C17H18N2O4/c1-11-4-3-5-13(8-11)19-17(21)12-6-7-14(15(9-12)22-2)23-10-16(18)20/h3-9H,10H2,1-2H3,(H2,18,20)(H,19,21). The zero-order valence-electron chi connectivity index (χ0n) is 13.0. The lowest BCUT2D eigenvalue weighted by Gasteiger charge is -2.11. The molecule has 0 aliphatic rings. The van der Waals surface area contributed by atoms with Gasteiger partial charge < -0.3 is 20.5 Å². The summed E-state index contributed by atoms with van der Waals surface area (Å²) in [5.41, 5.74) is 7.21. The van der Waals surface area contributed by atoms with Gasteiger partial charge in [-0.15, -0.1) is 0 Å². The number of nitrogens with one attached hydrogen (secondary N) is 1. The Morgan fingerprint density at radius 3 is 2.57 bits per heavy atom. The topological polar surface area (TPSA) is 90.7 Å². The highest BCUT2D eigenvalue weighted by Gasteiger charge is 2.12. The number of aryl methyl sites for hydroxylation is 1. The monoisotopic (exact) mass is 314 g/mol. The Balaban J connectivity index is 2.16. The fourth-order valence-electron chi connectivity index (χ4n) is 2.00. The highest BCUT2D eigenvalue weighted by atomic mass is 16.5. The molecule has 0 atom stereocenters. The number of nitrogens with two attached hydrogens (primary N) is 1. The molecule has 2 aromatic carbocycles. The van der Waals surface area contributed by atoms with Crippen molar-refractivity contribution in [3.05, 3.63) is 53.6 Å². The van der Waals surface area contributed by atoms with Crippen molar-refractivity contribution in [2.75, 3.05) is 19.0 Å². The lowest BCUT2D eigenvalue weighted by atomic mass is 10.1. The number of carbonyl (C=O) groups is 2. The predicted molar refractivity (Wildman–Crippen MR) is 86.8 cm³/mol. The number of hydrogen-bond donors (Lipinski definition) is 2. The van der Waals surface area contributed by atoms with Crippen LogP contribution in [-0.2, 0) is 4.79 Å². The van der Waals surface area contributed by atoms with Gasteiger partial charge in [-0.05, 0) is 42.8 Å². The van der Waals surface area contributed by atoms with E-state index in [0.29, 0.717) is 22.7 Å². The fourth-order valence-corrected chi connectivity index (χ4v) is 2.00. The van der Waals surface area contributed by atoms with E-state index in [1.165, 1.54) is 7.11 Å². The molecule has 0 radical (unpaired) electrons. The lowest BCUT2D eigenvalue weighted by molar-refractivity contribution is -0.119. The maximum absolute atomic E-state index is 12.3. The van der Waals surface area contributed by atoms with Crippen LogP contribution >= 0.6 is 0 Å². The van der Waals surface area contributed by atoms with Gasteiger partial charge in [0.25, 0.3) is 11.8 Å². The Morgan fingerprint density at radius 2 is 1.91 bits per heavy atom. The van der Waals surface area contributed by atoms with Crippen LogP contribution in [0.5, 0.6) is 11.5 Å². The van der Waals surface area contributed by atoms with E-state index in [9.17, 15) is 9.59 Å². The minimum Gasteiger partial charge on any atom is -0.493 e. The zero-order valence-corrected chi connectivity index (χ0v) is 13.0. The van der Waals surface area contributed by atoms with Crippen LogP contribution in [0.25, 0.3) is 0 Å². The Hall–Kier alpha value is -3.02. The molecule has 0 fully saturated rings. The van der Waals surface area contributed by atoms with E-state index in [-0.39, 0.29) is 12.5 Å². The third-order valence-corrected chi connectivity index (χ3v) is 3.07. The van der Waals surface area contributed by atoms with Crippen LogP contribution in [0.4, 0.5) is 5.69 Å². The average molecular weight is 314 g/mol. The third kappa shape index (κ3) is 4.47. The molecule has 0 aliphatic carbocycles. The number of benzene rings is 2. The smallest absolute Gasteiger partial charge is 0.255 e. The Kier molecular flexibility index (Phi) is 5.19. The molecule has 3 N–H and O–H groups in total. The molecule has 0 bridgehead atoms. The number of primary amides is 1. The lowest BCUT2D eigenvalue weighted by Crippen LogP contribution is -2.20. The van der Waals surface area contributed by atoms with Gasteiger partial charge in [0, 0.05) is 11.3 Å². The number of carbonyl (C=O) groups excluding carboxylic acids is 2. The van der Waals surface area contributed by atoms with Crippen LogP contribution in [-0.4, -0.2) is 25.5 Å². The number of rotatable bonds is 6. The summed E-state index contributed by atoms with van der Waals surface area (Å²) in [4.78, 5) is 23.1. The van der Waals surface area contributed by atoms with Gasteiger partial charge >= 0.3 is 0 Å². The molecule has 2 aromatic rings. The van der Waals surface area contributed by atoms with Crippen molar-refractivity contribution in [1.82, 2.24) is 0 Å². The second-order valence-corrected chi connectivity index (χ2v) is 4.94. The van der Waals surface area contributed by atoms with Gasteiger partial charge in [-0.25, -0.2) is 0 Å². The van der Waals surface area contributed by atoms with Crippen molar-refractivity contribution in [3.63, 3.8) is 0 Å². The zero-order chi connectivity index (χ0) is 16.8. The van der Waals surface area contributed by atoms with E-state index in [4.69, 9.17) is 15.2 Å². The van der Waals surface area contributed by atoms with Gasteiger partial charge in [-0.2, -0.15) is 0 Å². The summed E-state index contributed by atoms with van der Waals surface area (Å²) >= 11 is 0. The summed E-state index contributed by atoms with van der Waals surface area (Å²) in [7, 11) is 1.45. The SMILES string of the molecule is COc1cc(C(=O)Nc2cccc(C)c2)ccc1OCC(N)=O. The van der Waals surface area contributed by atoms with Crippen molar-refractivity contribution < 1.29 is 19.1 Å². The second-order valence-electron chi connectivity index (χ2n) is 4.94. The highest BCUT2D eigenvalue weighted by Crippen LogP contribution is 2.28. The van der Waals surface area contributed by atoms with Gasteiger partial charge in [-0.1, -0.05) is 12.1 Å². The molecule has 2 rings (SSSR count). The summed E-state index contributed by atoms with van der Waals surface area (Å²) in [6.07, 6.45) is 0. The van der Waals surface area contributed by atoms with Gasteiger partial charge in [-0.3, -0.25) is 9.59 Å². The van der Waals surface area contributed by atoms with E-state index in [0.717, 1.165) is 5.56 Å². The van der Waals surface area contributed by atoms with Crippen LogP contribution in [0, 0.1) is 6.92 Å². The third-order valence-electron chi connectivity index (χ3n) is 3.07. The number of ether oxygens (including phenoxy) is 2. The van der Waals surface area contributed by atoms with Gasteiger partial charge in [0.2, 0.25) is 0 Å². The van der Waals surface area contributed by atoms with E-state index in [1.54, 1.807) is 18.2 Å². The first-order chi connectivity index (χ1) is 11.0. The molecule has 0 aliphatic heterocycles. The van der Waals surface area contributed by atoms with Crippen LogP contribution in [0.15, 0.2) is 42.5 Å². The van der Waals surface area contributed by atoms with Crippen LogP contribution in [0.2, 0.25) is 0 Å². The summed E-state index contributed by atoms with van der Waals surface area (Å²) in [6, 6.07) is 12.2. The molecule has 0 saturated heterocycles. The van der Waals surface area contributed by atoms with Gasteiger partial charge in [0.05, 0.1) is 7.11 Å². The summed E-state index contributed by atoms with van der Waals surface area (Å²) in [5, 5.41) is 2.81. The molecular formula is C17H18N2O4. The quantitative estimate of drug-likeness (QED) is 0.854. The fraction of sp³-hybridized carbons (Fsp3) is 0.176. The maximum Gasteiger partial charge on any atom is 0.255 e.